The molecule has 2 aliphatic heterocycles. The molecule has 2 N–H and O–H groups in total. The second-order valence-electron chi connectivity index (χ2n) is 14.2. The van der Waals surface area contributed by atoms with Crippen LogP contribution in [-0.2, 0) is 24.2 Å². The predicted molar refractivity (Wildman–Crippen MR) is 178 cm³/mol. The highest BCUT2D eigenvalue weighted by Gasteiger charge is 2.40. The Morgan fingerprint density at radius 2 is 1.98 bits per heavy atom. The van der Waals surface area contributed by atoms with Gasteiger partial charge in [-0.3, -0.25) is 9.88 Å². The number of fused-ring (bicyclic) bond motifs is 2. The number of piperidine rings is 1. The molecule has 1 amide bonds. The smallest absolute Gasteiger partial charge is 0.410 e. The minimum atomic E-state index is -0.587. The third kappa shape index (κ3) is 6.65. The van der Waals surface area contributed by atoms with Crippen LogP contribution in [0.2, 0.25) is 0 Å². The number of hydrogen-bond donors (Lipinski definition) is 2. The molecule has 0 saturated carbocycles. The van der Waals surface area contributed by atoms with Crippen molar-refractivity contribution in [3.8, 4) is 17.3 Å². The van der Waals surface area contributed by atoms with Crippen LogP contribution in [0.1, 0.15) is 89.5 Å². The van der Waals surface area contributed by atoms with Crippen molar-refractivity contribution in [2.75, 3.05) is 18.4 Å². The summed E-state index contributed by atoms with van der Waals surface area (Å²) >= 11 is 0. The van der Waals surface area contributed by atoms with Crippen LogP contribution in [-0.4, -0.2) is 65.9 Å². The SMILES string of the molecule is CC(C)c1cnn2c(NCc3ccccc3-c3nccc4c3CCNC4)nc(OC3CCC(C)(C)N(C(=O)OC(C)(C)C)C3)nc12. The van der Waals surface area contributed by atoms with Crippen molar-refractivity contribution in [3.05, 3.63) is 65.0 Å². The standard InChI is InChI=1S/C35H46N8O3/c1-22(2)28-20-39-43-30(28)40-32(45-25-12-15-35(6,7)42(21-25)33(44)46-34(3,4)5)41-31(43)38-19-23-10-8-9-11-26(23)29-27-14-16-36-18-24(27)13-17-37-29/h8-11,13,17,20,22,25,36H,12,14-16,18-19,21H2,1-7H3,(H,38,40,41). The molecular formula is C35H46N8O3. The number of likely N-dealkylation sites (tertiary alicyclic amines) is 1. The molecule has 1 atom stereocenters. The van der Waals surface area contributed by atoms with E-state index in [9.17, 15) is 4.79 Å². The number of anilines is 1. The molecule has 1 fully saturated rings. The Kier molecular flexibility index (Phi) is 8.62. The minimum absolute atomic E-state index is 0.205. The first kappa shape index (κ1) is 31.7. The molecule has 0 aliphatic carbocycles. The summed E-state index contributed by atoms with van der Waals surface area (Å²) in [4.78, 5) is 29.4. The number of carbonyl (C=O) groups excluding carboxylic acids is 1. The fraction of sp³-hybridized carbons (Fsp3) is 0.514. The van der Waals surface area contributed by atoms with Crippen molar-refractivity contribution in [3.63, 3.8) is 0 Å². The normalized spacial score (nSPS) is 18.0. The van der Waals surface area contributed by atoms with Crippen LogP contribution >= 0.6 is 0 Å². The molecule has 2 aliphatic rings. The highest BCUT2D eigenvalue weighted by atomic mass is 16.6. The van der Waals surface area contributed by atoms with E-state index in [2.05, 4.69) is 67.7 Å². The molecule has 244 valence electrons. The lowest BCUT2D eigenvalue weighted by Gasteiger charge is -2.45. The molecule has 0 bridgehead atoms. The van der Waals surface area contributed by atoms with Gasteiger partial charge >= 0.3 is 12.1 Å². The molecule has 11 heteroatoms. The monoisotopic (exact) mass is 626 g/mol. The summed E-state index contributed by atoms with van der Waals surface area (Å²) in [5.41, 5.74) is 6.60. The van der Waals surface area contributed by atoms with E-state index in [0.29, 0.717) is 24.7 Å². The highest BCUT2D eigenvalue weighted by Crippen LogP contribution is 2.33. The molecule has 46 heavy (non-hydrogen) atoms. The van der Waals surface area contributed by atoms with E-state index >= 15 is 0 Å². The van der Waals surface area contributed by atoms with Gasteiger partial charge in [-0.25, -0.2) is 4.79 Å². The van der Waals surface area contributed by atoms with E-state index in [0.717, 1.165) is 54.7 Å². The van der Waals surface area contributed by atoms with Gasteiger partial charge in [0, 0.05) is 36.0 Å². The Morgan fingerprint density at radius 1 is 1.17 bits per heavy atom. The van der Waals surface area contributed by atoms with Crippen molar-refractivity contribution in [2.45, 2.75) is 104 Å². The van der Waals surface area contributed by atoms with Crippen LogP contribution in [0, 0.1) is 0 Å². The summed E-state index contributed by atoms with van der Waals surface area (Å²) in [7, 11) is 0. The Bertz CT molecular complexity index is 1720. The quantitative estimate of drug-likeness (QED) is 0.250. The molecule has 1 aromatic carbocycles. The van der Waals surface area contributed by atoms with Gasteiger partial charge in [-0.15, -0.1) is 0 Å². The number of nitrogens with one attached hydrogen (secondary N) is 2. The van der Waals surface area contributed by atoms with Gasteiger partial charge in [0.15, 0.2) is 5.65 Å². The Hall–Kier alpha value is -4.25. The van der Waals surface area contributed by atoms with Gasteiger partial charge in [0.05, 0.1) is 18.4 Å². The van der Waals surface area contributed by atoms with Gasteiger partial charge in [0.25, 0.3) is 0 Å². The zero-order chi connectivity index (χ0) is 32.6. The predicted octanol–water partition coefficient (Wildman–Crippen LogP) is 6.12. The summed E-state index contributed by atoms with van der Waals surface area (Å²) < 4.78 is 13.9. The third-order valence-corrected chi connectivity index (χ3v) is 8.81. The maximum atomic E-state index is 13.2. The average Bonchev–Trinajstić information content (AvgIpc) is 3.44. The maximum Gasteiger partial charge on any atom is 0.410 e. The molecule has 0 radical (unpaired) electrons. The average molecular weight is 627 g/mol. The molecule has 5 heterocycles. The van der Waals surface area contributed by atoms with Crippen molar-refractivity contribution in [2.24, 2.45) is 0 Å². The molecule has 1 unspecified atom stereocenters. The minimum Gasteiger partial charge on any atom is -0.458 e. The lowest BCUT2D eigenvalue weighted by atomic mass is 9.89. The fourth-order valence-electron chi connectivity index (χ4n) is 6.25. The zero-order valence-electron chi connectivity index (χ0n) is 28.1. The number of pyridine rings is 1. The van der Waals surface area contributed by atoms with Gasteiger partial charge in [-0.2, -0.15) is 19.6 Å². The number of aromatic nitrogens is 5. The third-order valence-electron chi connectivity index (χ3n) is 8.81. The highest BCUT2D eigenvalue weighted by molar-refractivity contribution is 5.70. The van der Waals surface area contributed by atoms with Crippen LogP contribution < -0.4 is 15.4 Å². The summed E-state index contributed by atoms with van der Waals surface area (Å²) in [6, 6.07) is 10.7. The summed E-state index contributed by atoms with van der Waals surface area (Å²) in [6.07, 6.45) is 5.59. The lowest BCUT2D eigenvalue weighted by molar-refractivity contribution is -0.0302. The van der Waals surface area contributed by atoms with Gasteiger partial charge < -0.3 is 20.1 Å². The topological polar surface area (TPSA) is 119 Å². The van der Waals surface area contributed by atoms with Crippen molar-refractivity contribution in [1.29, 1.82) is 0 Å². The molecular weight excluding hydrogens is 580 g/mol. The van der Waals surface area contributed by atoms with Crippen LogP contribution in [0.25, 0.3) is 16.9 Å². The molecule has 3 aromatic heterocycles. The van der Waals surface area contributed by atoms with Gasteiger partial charge in [0.2, 0.25) is 5.95 Å². The number of carbonyl (C=O) groups is 1. The largest absolute Gasteiger partial charge is 0.458 e. The molecule has 1 saturated heterocycles. The van der Waals surface area contributed by atoms with Crippen LogP contribution in [0.4, 0.5) is 10.7 Å². The molecule has 0 spiro atoms. The number of nitrogens with zero attached hydrogens (tertiary/aromatic N) is 6. The molecule has 4 aromatic rings. The second kappa shape index (κ2) is 12.5. The summed E-state index contributed by atoms with van der Waals surface area (Å²) in [5, 5.41) is 11.6. The number of amides is 1. The lowest BCUT2D eigenvalue weighted by Crippen LogP contribution is -2.56. The van der Waals surface area contributed by atoms with Crippen LogP contribution in [0.3, 0.4) is 0 Å². The van der Waals surface area contributed by atoms with Crippen molar-refractivity contribution in [1.82, 2.24) is 34.8 Å². The zero-order valence-corrected chi connectivity index (χ0v) is 28.1. The molecule has 11 nitrogen and oxygen atoms in total. The number of rotatable bonds is 7. The first-order chi connectivity index (χ1) is 21.9. The summed E-state index contributed by atoms with van der Waals surface area (Å²) in [5.74, 6) is 0.742. The van der Waals surface area contributed by atoms with Crippen molar-refractivity contribution < 1.29 is 14.3 Å². The first-order valence-corrected chi connectivity index (χ1v) is 16.3. The Morgan fingerprint density at radius 3 is 2.76 bits per heavy atom. The number of ether oxygens (including phenoxy) is 2. The van der Waals surface area contributed by atoms with Crippen LogP contribution in [0.5, 0.6) is 6.01 Å². The number of benzene rings is 1. The molecule has 6 rings (SSSR count). The van der Waals surface area contributed by atoms with E-state index in [4.69, 9.17) is 24.4 Å². The number of hydrogen-bond acceptors (Lipinski definition) is 9. The first-order valence-electron chi connectivity index (χ1n) is 16.3. The van der Waals surface area contributed by atoms with Crippen LogP contribution in [0.15, 0.2) is 42.7 Å². The van der Waals surface area contributed by atoms with E-state index in [1.807, 2.05) is 39.2 Å². The van der Waals surface area contributed by atoms with Gasteiger partial charge in [-0.1, -0.05) is 38.1 Å². The van der Waals surface area contributed by atoms with E-state index < -0.39 is 5.60 Å². The van der Waals surface area contributed by atoms with E-state index in [1.54, 1.807) is 9.42 Å². The second-order valence-corrected chi connectivity index (χ2v) is 14.2. The Labute approximate surface area is 271 Å². The van der Waals surface area contributed by atoms with Crippen molar-refractivity contribution >= 4 is 17.7 Å². The maximum absolute atomic E-state index is 13.2. The van der Waals surface area contributed by atoms with Gasteiger partial charge in [0.1, 0.15) is 11.7 Å². The Balaban J connectivity index is 1.28. The van der Waals surface area contributed by atoms with E-state index in [-0.39, 0.29) is 29.7 Å². The fourth-order valence-corrected chi connectivity index (χ4v) is 6.25. The van der Waals surface area contributed by atoms with E-state index in [1.165, 1.54) is 11.1 Å². The van der Waals surface area contributed by atoms with Gasteiger partial charge in [-0.05, 0) is 89.1 Å². The summed E-state index contributed by atoms with van der Waals surface area (Å²) in [6.45, 7) is 16.7.